The Kier molecular flexibility index (Phi) is 3.66. The maximum Gasteiger partial charge on any atom is 0.303 e. The van der Waals surface area contributed by atoms with Gasteiger partial charge in [-0.15, -0.1) is 0 Å². The molecule has 1 aliphatic rings. The smallest absolute Gasteiger partial charge is 0.297 e. The van der Waals surface area contributed by atoms with Gasteiger partial charge in [0.25, 0.3) is 0 Å². The molecule has 2 rings (SSSR count). The minimum atomic E-state index is -2.90. The van der Waals surface area contributed by atoms with Crippen molar-refractivity contribution < 1.29 is 8.78 Å². The third-order valence-corrected chi connectivity index (χ3v) is 3.03. The molecule has 0 amide bonds. The molecule has 0 unspecified atom stereocenters. The quantitative estimate of drug-likeness (QED) is 0.813. The summed E-state index contributed by atoms with van der Waals surface area (Å²) >= 11 is 0. The Morgan fingerprint density at radius 1 is 1.18 bits per heavy atom. The second kappa shape index (κ2) is 5.04. The highest BCUT2D eigenvalue weighted by atomic mass is 19.3. The summed E-state index contributed by atoms with van der Waals surface area (Å²) < 4.78 is 27.9. The van der Waals surface area contributed by atoms with Crippen LogP contribution in [0.3, 0.4) is 0 Å². The SMILES string of the molecule is Cc1cnc(C(F)(F)CN2CCCCC2)cn1. The van der Waals surface area contributed by atoms with E-state index in [9.17, 15) is 8.78 Å². The van der Waals surface area contributed by atoms with Crippen LogP contribution in [-0.2, 0) is 5.92 Å². The number of piperidine rings is 1. The van der Waals surface area contributed by atoms with E-state index in [-0.39, 0.29) is 12.2 Å². The molecule has 1 aliphatic heterocycles. The van der Waals surface area contributed by atoms with Gasteiger partial charge in [0.2, 0.25) is 0 Å². The summed E-state index contributed by atoms with van der Waals surface area (Å²) in [6, 6.07) is 0. The number of nitrogens with zero attached hydrogens (tertiary/aromatic N) is 3. The van der Waals surface area contributed by atoms with Gasteiger partial charge in [0.1, 0.15) is 5.69 Å². The van der Waals surface area contributed by atoms with Crippen LogP contribution in [-0.4, -0.2) is 34.5 Å². The first kappa shape index (κ1) is 12.4. The highest BCUT2D eigenvalue weighted by Crippen LogP contribution is 2.27. The number of aryl methyl sites for hydroxylation is 1. The zero-order valence-electron chi connectivity index (χ0n) is 9.99. The molecule has 1 aromatic rings. The molecule has 0 radical (unpaired) electrons. The van der Waals surface area contributed by atoms with Gasteiger partial charge in [0.05, 0.1) is 18.4 Å². The maximum atomic E-state index is 13.9. The molecule has 0 aromatic carbocycles. The van der Waals surface area contributed by atoms with Gasteiger partial charge in [-0.1, -0.05) is 6.42 Å². The van der Waals surface area contributed by atoms with Crippen molar-refractivity contribution in [3.05, 3.63) is 23.8 Å². The molecule has 0 saturated carbocycles. The number of likely N-dealkylation sites (tertiary alicyclic amines) is 1. The predicted octanol–water partition coefficient (Wildman–Crippen LogP) is 2.36. The van der Waals surface area contributed by atoms with Crippen molar-refractivity contribution in [2.24, 2.45) is 0 Å². The van der Waals surface area contributed by atoms with E-state index in [0.717, 1.165) is 32.4 Å². The first-order valence-electron chi connectivity index (χ1n) is 5.97. The van der Waals surface area contributed by atoms with Crippen LogP contribution in [0.1, 0.15) is 30.7 Å². The van der Waals surface area contributed by atoms with Crippen molar-refractivity contribution in [3.63, 3.8) is 0 Å². The van der Waals surface area contributed by atoms with Crippen LogP contribution in [0.4, 0.5) is 8.78 Å². The van der Waals surface area contributed by atoms with Crippen molar-refractivity contribution in [1.29, 1.82) is 0 Å². The minimum absolute atomic E-state index is 0.228. The summed E-state index contributed by atoms with van der Waals surface area (Å²) in [5.74, 6) is -2.90. The van der Waals surface area contributed by atoms with E-state index in [0.29, 0.717) is 5.69 Å². The van der Waals surface area contributed by atoms with E-state index in [4.69, 9.17) is 0 Å². The number of aromatic nitrogens is 2. The molecular weight excluding hydrogens is 224 g/mol. The Balaban J connectivity index is 2.04. The number of alkyl halides is 2. The summed E-state index contributed by atoms with van der Waals surface area (Å²) in [6.45, 7) is 3.01. The van der Waals surface area contributed by atoms with Gasteiger partial charge in [0.15, 0.2) is 0 Å². The summed E-state index contributed by atoms with van der Waals surface area (Å²) in [5, 5.41) is 0. The van der Waals surface area contributed by atoms with Gasteiger partial charge in [-0.05, 0) is 32.9 Å². The van der Waals surface area contributed by atoms with E-state index in [2.05, 4.69) is 9.97 Å². The van der Waals surface area contributed by atoms with Crippen LogP contribution in [0.25, 0.3) is 0 Å². The second-order valence-corrected chi connectivity index (χ2v) is 4.58. The Hall–Kier alpha value is -1.10. The molecule has 1 aromatic heterocycles. The lowest BCUT2D eigenvalue weighted by Crippen LogP contribution is -2.39. The topological polar surface area (TPSA) is 29.0 Å². The fraction of sp³-hybridized carbons (Fsp3) is 0.667. The molecule has 3 nitrogen and oxygen atoms in total. The van der Waals surface area contributed by atoms with Gasteiger partial charge in [-0.25, -0.2) is 0 Å². The monoisotopic (exact) mass is 241 g/mol. The molecule has 0 bridgehead atoms. The van der Waals surface area contributed by atoms with E-state index in [1.54, 1.807) is 6.92 Å². The summed E-state index contributed by atoms with van der Waals surface area (Å²) in [5.41, 5.74) is 0.427. The molecule has 0 aliphatic carbocycles. The van der Waals surface area contributed by atoms with Gasteiger partial charge in [-0.3, -0.25) is 14.9 Å². The first-order chi connectivity index (χ1) is 8.08. The molecular formula is C12H17F2N3. The average molecular weight is 241 g/mol. The zero-order valence-corrected chi connectivity index (χ0v) is 9.99. The number of hydrogen-bond acceptors (Lipinski definition) is 3. The first-order valence-corrected chi connectivity index (χ1v) is 5.97. The predicted molar refractivity (Wildman–Crippen MR) is 61.0 cm³/mol. The minimum Gasteiger partial charge on any atom is -0.297 e. The van der Waals surface area contributed by atoms with Crippen molar-refractivity contribution in [3.8, 4) is 0 Å². The summed E-state index contributed by atoms with van der Waals surface area (Å²) in [6.07, 6.45) is 5.73. The Bertz CT molecular complexity index is 359. The fourth-order valence-corrected chi connectivity index (χ4v) is 2.06. The van der Waals surface area contributed by atoms with Crippen LogP contribution < -0.4 is 0 Å². The van der Waals surface area contributed by atoms with E-state index < -0.39 is 5.92 Å². The third-order valence-electron chi connectivity index (χ3n) is 3.03. The highest BCUT2D eigenvalue weighted by Gasteiger charge is 2.36. The Morgan fingerprint density at radius 3 is 2.47 bits per heavy atom. The molecule has 2 heterocycles. The van der Waals surface area contributed by atoms with Crippen molar-refractivity contribution in [2.45, 2.75) is 32.1 Å². The lowest BCUT2D eigenvalue weighted by atomic mass is 10.1. The van der Waals surface area contributed by atoms with E-state index >= 15 is 0 Å². The van der Waals surface area contributed by atoms with E-state index in [1.165, 1.54) is 12.4 Å². The normalized spacial score (nSPS) is 18.3. The zero-order chi connectivity index (χ0) is 12.3. The maximum absolute atomic E-state index is 13.9. The fourth-order valence-electron chi connectivity index (χ4n) is 2.06. The molecule has 0 spiro atoms. The second-order valence-electron chi connectivity index (χ2n) is 4.58. The van der Waals surface area contributed by atoms with Crippen LogP contribution >= 0.6 is 0 Å². The van der Waals surface area contributed by atoms with Crippen molar-refractivity contribution >= 4 is 0 Å². The van der Waals surface area contributed by atoms with Crippen molar-refractivity contribution in [2.75, 3.05) is 19.6 Å². The lowest BCUT2D eigenvalue weighted by molar-refractivity contribution is -0.0455. The van der Waals surface area contributed by atoms with Gasteiger partial charge < -0.3 is 0 Å². The molecule has 1 saturated heterocycles. The molecule has 0 N–H and O–H groups in total. The third kappa shape index (κ3) is 3.19. The number of hydrogen-bond donors (Lipinski definition) is 0. The van der Waals surface area contributed by atoms with Gasteiger partial charge in [0, 0.05) is 6.20 Å². The van der Waals surface area contributed by atoms with Gasteiger partial charge in [-0.2, -0.15) is 8.78 Å². The Morgan fingerprint density at radius 2 is 1.88 bits per heavy atom. The number of halogens is 2. The van der Waals surface area contributed by atoms with Crippen molar-refractivity contribution in [1.82, 2.24) is 14.9 Å². The standard InChI is InChI=1S/C12H17F2N3/c1-10-7-16-11(8-15-10)12(13,14)9-17-5-3-2-4-6-17/h7-8H,2-6,9H2,1H3. The molecule has 5 heteroatoms. The highest BCUT2D eigenvalue weighted by molar-refractivity contribution is 5.07. The molecule has 94 valence electrons. The van der Waals surface area contributed by atoms with Gasteiger partial charge >= 0.3 is 5.92 Å². The Labute approximate surface area is 99.9 Å². The van der Waals surface area contributed by atoms with Crippen LogP contribution in [0.2, 0.25) is 0 Å². The molecule has 1 fully saturated rings. The molecule has 17 heavy (non-hydrogen) atoms. The van der Waals surface area contributed by atoms with E-state index in [1.807, 2.05) is 4.90 Å². The van der Waals surface area contributed by atoms with Crippen LogP contribution in [0.5, 0.6) is 0 Å². The number of rotatable bonds is 3. The largest absolute Gasteiger partial charge is 0.303 e. The van der Waals surface area contributed by atoms with Crippen LogP contribution in [0, 0.1) is 6.92 Å². The summed E-state index contributed by atoms with van der Waals surface area (Å²) in [7, 11) is 0. The average Bonchev–Trinajstić information content (AvgIpc) is 2.30. The molecule has 0 atom stereocenters. The van der Waals surface area contributed by atoms with Crippen LogP contribution in [0.15, 0.2) is 12.4 Å². The lowest BCUT2D eigenvalue weighted by Gasteiger charge is -2.29. The summed E-state index contributed by atoms with van der Waals surface area (Å²) in [4.78, 5) is 9.46.